The Morgan fingerprint density at radius 1 is 0.867 bits per heavy atom. The number of hydrogen-bond donors (Lipinski definition) is 2. The molecule has 0 spiro atoms. The van der Waals surface area contributed by atoms with Crippen LogP contribution in [0, 0.1) is 0 Å². The van der Waals surface area contributed by atoms with Gasteiger partial charge in [-0.2, -0.15) is 0 Å². The molecule has 2 aromatic heterocycles. The van der Waals surface area contributed by atoms with Gasteiger partial charge in [-0.05, 0) is 36.8 Å². The predicted octanol–water partition coefficient (Wildman–Crippen LogP) is 5.10. The van der Waals surface area contributed by atoms with Gasteiger partial charge in [0.05, 0.1) is 0 Å². The molecule has 0 atom stereocenters. The highest BCUT2D eigenvalue weighted by atomic mass is 16.1. The monoisotopic (exact) mass is 395 g/mol. The van der Waals surface area contributed by atoms with E-state index in [1.165, 1.54) is 0 Å². The number of hydrogen-bond acceptors (Lipinski definition) is 6. The van der Waals surface area contributed by atoms with Crippen molar-refractivity contribution in [3.8, 4) is 11.4 Å². The van der Waals surface area contributed by atoms with E-state index in [1.54, 1.807) is 25.4 Å². The van der Waals surface area contributed by atoms with E-state index in [0.717, 1.165) is 16.8 Å². The molecule has 148 valence electrons. The lowest BCUT2D eigenvalue weighted by atomic mass is 10.1. The van der Waals surface area contributed by atoms with Crippen LogP contribution in [0.3, 0.4) is 0 Å². The topological polar surface area (TPSA) is 79.8 Å². The highest BCUT2D eigenvalue weighted by Gasteiger charge is 2.08. The molecule has 4 rings (SSSR count). The number of ketones is 1. The van der Waals surface area contributed by atoms with Crippen molar-refractivity contribution in [3.63, 3.8) is 0 Å². The average Bonchev–Trinajstić information content (AvgIpc) is 2.79. The number of anilines is 3. The lowest BCUT2D eigenvalue weighted by molar-refractivity contribution is 0.101. The van der Waals surface area contributed by atoms with Crippen molar-refractivity contribution >= 4 is 23.1 Å². The molecule has 0 saturated heterocycles. The van der Waals surface area contributed by atoms with Crippen molar-refractivity contribution < 1.29 is 4.79 Å². The van der Waals surface area contributed by atoms with E-state index in [0.29, 0.717) is 29.6 Å². The molecule has 2 N–H and O–H groups in total. The molecule has 4 aromatic rings. The molecule has 0 radical (unpaired) electrons. The van der Waals surface area contributed by atoms with Gasteiger partial charge in [-0.1, -0.05) is 42.5 Å². The summed E-state index contributed by atoms with van der Waals surface area (Å²) in [6.45, 7) is 2.17. The summed E-state index contributed by atoms with van der Waals surface area (Å²) >= 11 is 0. The van der Waals surface area contributed by atoms with Crippen molar-refractivity contribution in [1.29, 1.82) is 0 Å². The van der Waals surface area contributed by atoms with Crippen molar-refractivity contribution in [2.45, 2.75) is 13.5 Å². The van der Waals surface area contributed by atoms with E-state index in [4.69, 9.17) is 0 Å². The Morgan fingerprint density at radius 3 is 2.40 bits per heavy atom. The first-order valence-corrected chi connectivity index (χ1v) is 9.63. The third kappa shape index (κ3) is 4.86. The molecule has 0 aliphatic carbocycles. The first-order valence-electron chi connectivity index (χ1n) is 9.63. The number of pyridine rings is 1. The van der Waals surface area contributed by atoms with Gasteiger partial charge in [-0.15, -0.1) is 0 Å². The number of benzene rings is 2. The van der Waals surface area contributed by atoms with E-state index < -0.39 is 0 Å². The van der Waals surface area contributed by atoms with Crippen molar-refractivity contribution in [2.24, 2.45) is 0 Å². The number of nitrogens with zero attached hydrogens (tertiary/aromatic N) is 3. The second-order valence-corrected chi connectivity index (χ2v) is 6.80. The van der Waals surface area contributed by atoms with Crippen LogP contribution in [-0.4, -0.2) is 20.7 Å². The molecule has 0 aliphatic heterocycles. The average molecular weight is 395 g/mol. The van der Waals surface area contributed by atoms with Crippen molar-refractivity contribution in [1.82, 2.24) is 15.0 Å². The Balaban J connectivity index is 1.65. The summed E-state index contributed by atoms with van der Waals surface area (Å²) in [7, 11) is 0. The Morgan fingerprint density at radius 2 is 1.63 bits per heavy atom. The Labute approximate surface area is 175 Å². The number of aromatic nitrogens is 3. The fourth-order valence-electron chi connectivity index (χ4n) is 2.98. The van der Waals surface area contributed by atoms with Crippen molar-refractivity contribution in [3.05, 3.63) is 96.3 Å². The van der Waals surface area contributed by atoms with E-state index in [1.807, 2.05) is 66.7 Å². The van der Waals surface area contributed by atoms with Gasteiger partial charge in [-0.25, -0.2) is 9.97 Å². The van der Waals surface area contributed by atoms with Crippen LogP contribution < -0.4 is 10.6 Å². The molecule has 0 fully saturated rings. The minimum Gasteiger partial charge on any atom is -0.366 e. The lowest BCUT2D eigenvalue weighted by Crippen LogP contribution is -2.05. The molecule has 0 unspecified atom stereocenters. The largest absolute Gasteiger partial charge is 0.366 e. The molecule has 6 nitrogen and oxygen atoms in total. The molecule has 0 aliphatic rings. The van der Waals surface area contributed by atoms with Gasteiger partial charge >= 0.3 is 0 Å². The molecular weight excluding hydrogens is 374 g/mol. The van der Waals surface area contributed by atoms with Crippen molar-refractivity contribution in [2.75, 3.05) is 10.6 Å². The summed E-state index contributed by atoms with van der Waals surface area (Å²) in [5.41, 5.74) is 3.47. The summed E-state index contributed by atoms with van der Waals surface area (Å²) < 4.78 is 0. The standard InChI is InChI=1S/C24H21N5O/c1-17(30)20-8-5-9-21(14-20)27-23-15-22(26-16-18-10-12-25-13-11-18)28-24(29-23)19-6-3-2-4-7-19/h2-15H,16H2,1H3,(H2,26,27,28,29). The van der Waals surface area contributed by atoms with Crippen LogP contribution in [0.1, 0.15) is 22.8 Å². The maximum Gasteiger partial charge on any atom is 0.163 e. The maximum atomic E-state index is 11.7. The molecule has 0 bridgehead atoms. The van der Waals surface area contributed by atoms with Gasteiger partial charge in [-0.3, -0.25) is 9.78 Å². The summed E-state index contributed by atoms with van der Waals surface area (Å²) in [5, 5.41) is 6.65. The number of nitrogens with one attached hydrogen (secondary N) is 2. The van der Waals surface area contributed by atoms with Crippen LogP contribution in [0.5, 0.6) is 0 Å². The molecule has 6 heteroatoms. The Kier molecular flexibility index (Phi) is 5.75. The van der Waals surface area contributed by atoms with Crippen LogP contribution >= 0.6 is 0 Å². The van der Waals surface area contributed by atoms with Crippen LogP contribution in [0.15, 0.2) is 85.2 Å². The SMILES string of the molecule is CC(=O)c1cccc(Nc2cc(NCc3ccncc3)nc(-c3ccccc3)n2)c1. The first kappa shape index (κ1) is 19.3. The highest BCUT2D eigenvalue weighted by Crippen LogP contribution is 2.23. The summed E-state index contributed by atoms with van der Waals surface area (Å²) in [5.74, 6) is 1.97. The molecule has 0 amide bonds. The van der Waals surface area contributed by atoms with Gasteiger partial charge in [0.15, 0.2) is 11.6 Å². The summed E-state index contributed by atoms with van der Waals surface area (Å²) in [6.07, 6.45) is 3.53. The van der Waals surface area contributed by atoms with E-state index in [-0.39, 0.29) is 5.78 Å². The quantitative estimate of drug-likeness (QED) is 0.424. The highest BCUT2D eigenvalue weighted by molar-refractivity contribution is 5.95. The summed E-state index contributed by atoms with van der Waals surface area (Å²) in [4.78, 5) is 25.1. The molecule has 0 saturated carbocycles. The Bertz CT molecular complexity index is 1150. The predicted molar refractivity (Wildman–Crippen MR) is 119 cm³/mol. The van der Waals surface area contributed by atoms with Crippen LogP contribution in [0.25, 0.3) is 11.4 Å². The zero-order valence-electron chi connectivity index (χ0n) is 16.5. The van der Waals surface area contributed by atoms with E-state index >= 15 is 0 Å². The zero-order valence-corrected chi connectivity index (χ0v) is 16.5. The summed E-state index contributed by atoms with van der Waals surface area (Å²) in [6, 6.07) is 23.0. The van der Waals surface area contributed by atoms with E-state index in [9.17, 15) is 4.79 Å². The van der Waals surface area contributed by atoms with Crippen LogP contribution in [-0.2, 0) is 6.54 Å². The van der Waals surface area contributed by atoms with Gasteiger partial charge in [0.25, 0.3) is 0 Å². The minimum atomic E-state index is 0.0195. The molecule has 30 heavy (non-hydrogen) atoms. The number of Topliss-reactive ketones (excluding diaryl/α,β-unsaturated/α-hetero) is 1. The van der Waals surface area contributed by atoms with Crippen LogP contribution in [0.4, 0.5) is 17.3 Å². The fourth-order valence-corrected chi connectivity index (χ4v) is 2.98. The number of carbonyl (C=O) groups excluding carboxylic acids is 1. The fraction of sp³-hybridized carbons (Fsp3) is 0.0833. The molecule has 2 aromatic carbocycles. The van der Waals surface area contributed by atoms with Crippen LogP contribution in [0.2, 0.25) is 0 Å². The molecular formula is C24H21N5O. The number of rotatable bonds is 7. The number of carbonyl (C=O) groups is 1. The molecule has 2 heterocycles. The zero-order chi connectivity index (χ0) is 20.8. The third-order valence-electron chi connectivity index (χ3n) is 4.52. The van der Waals surface area contributed by atoms with Gasteiger partial charge in [0, 0.05) is 41.8 Å². The smallest absolute Gasteiger partial charge is 0.163 e. The first-order chi connectivity index (χ1) is 14.7. The second-order valence-electron chi connectivity index (χ2n) is 6.80. The van der Waals surface area contributed by atoms with Gasteiger partial charge in [0.1, 0.15) is 11.6 Å². The Hall–Kier alpha value is -4.06. The van der Waals surface area contributed by atoms with Gasteiger partial charge in [0.2, 0.25) is 0 Å². The van der Waals surface area contributed by atoms with E-state index in [2.05, 4.69) is 25.6 Å². The minimum absolute atomic E-state index is 0.0195. The van der Waals surface area contributed by atoms with Gasteiger partial charge < -0.3 is 10.6 Å². The lowest BCUT2D eigenvalue weighted by Gasteiger charge is -2.12. The third-order valence-corrected chi connectivity index (χ3v) is 4.52. The second kappa shape index (κ2) is 8.96. The maximum absolute atomic E-state index is 11.7. The normalized spacial score (nSPS) is 10.4.